The molecule has 2 amide bonds. The Morgan fingerprint density at radius 2 is 2.04 bits per heavy atom. The molecule has 7 nitrogen and oxygen atoms in total. The van der Waals surface area contributed by atoms with Crippen LogP contribution < -0.4 is 10.6 Å². The second kappa shape index (κ2) is 7.98. The molecule has 1 aliphatic heterocycles. The van der Waals surface area contributed by atoms with Crippen LogP contribution in [-0.2, 0) is 14.8 Å². The van der Waals surface area contributed by atoms with Crippen molar-refractivity contribution >= 4 is 21.8 Å². The van der Waals surface area contributed by atoms with Crippen LogP contribution in [0.4, 0.5) is 0 Å². The van der Waals surface area contributed by atoms with E-state index in [1.165, 1.54) is 18.6 Å². The van der Waals surface area contributed by atoms with E-state index in [1.54, 1.807) is 12.1 Å². The van der Waals surface area contributed by atoms with Crippen molar-refractivity contribution in [3.63, 3.8) is 0 Å². The van der Waals surface area contributed by atoms with Crippen LogP contribution in [0.25, 0.3) is 0 Å². The smallest absolute Gasteiger partial charge is 0.251 e. The summed E-state index contributed by atoms with van der Waals surface area (Å²) in [4.78, 5) is 24.2. The molecule has 1 heterocycles. The number of sulfonamides is 1. The molecule has 3 unspecified atom stereocenters. The number of nitrogens with one attached hydrogen (secondary N) is 2. The van der Waals surface area contributed by atoms with Gasteiger partial charge in [-0.25, -0.2) is 8.42 Å². The van der Waals surface area contributed by atoms with Crippen LogP contribution in [-0.4, -0.2) is 50.2 Å². The minimum absolute atomic E-state index is 0.0370. The lowest BCUT2D eigenvalue weighted by Crippen LogP contribution is -2.49. The molecule has 27 heavy (non-hydrogen) atoms. The number of hydrogen-bond donors (Lipinski definition) is 2. The molecule has 2 aliphatic rings. The summed E-state index contributed by atoms with van der Waals surface area (Å²) in [7, 11) is -3.81. The Hall–Kier alpha value is -1.93. The molecule has 1 aromatic rings. The number of carbonyl (C=O) groups is 2. The topological polar surface area (TPSA) is 95.6 Å². The lowest BCUT2D eigenvalue weighted by Gasteiger charge is -2.34. The average Bonchev–Trinajstić information content (AvgIpc) is 2.65. The second-order valence-corrected chi connectivity index (χ2v) is 9.50. The van der Waals surface area contributed by atoms with Crippen molar-refractivity contribution in [1.82, 2.24) is 14.9 Å². The number of nitrogens with zero attached hydrogens (tertiary/aromatic N) is 1. The summed E-state index contributed by atoms with van der Waals surface area (Å²) in [6, 6.07) is 6.15. The molecule has 3 atom stereocenters. The summed E-state index contributed by atoms with van der Waals surface area (Å²) in [5.41, 5.74) is 0.322. The largest absolute Gasteiger partial charge is 0.354 e. The van der Waals surface area contributed by atoms with Crippen molar-refractivity contribution < 1.29 is 18.0 Å². The maximum absolute atomic E-state index is 12.8. The molecule has 0 aromatic heterocycles. The molecule has 0 bridgehead atoms. The standard InChI is InChI=1S/C19H27N3O4S/c1-13-5-3-8-17(14(13)2)21-19(24)15-6-4-7-16(11-15)27(25,26)22-10-9-20-18(23)12-22/h4,6-7,11,13-14,17H,3,5,8-10,12H2,1-2H3,(H,20,23)(H,21,24). The van der Waals surface area contributed by atoms with E-state index >= 15 is 0 Å². The van der Waals surface area contributed by atoms with Gasteiger partial charge in [0, 0.05) is 24.7 Å². The second-order valence-electron chi connectivity index (χ2n) is 7.56. The maximum atomic E-state index is 12.8. The number of benzene rings is 1. The highest BCUT2D eigenvalue weighted by Gasteiger charge is 2.31. The quantitative estimate of drug-likeness (QED) is 0.807. The van der Waals surface area contributed by atoms with E-state index in [0.29, 0.717) is 17.4 Å². The van der Waals surface area contributed by atoms with Crippen molar-refractivity contribution in [2.24, 2.45) is 11.8 Å². The highest BCUT2D eigenvalue weighted by Crippen LogP contribution is 2.29. The third kappa shape index (κ3) is 4.32. The van der Waals surface area contributed by atoms with E-state index in [1.807, 2.05) is 0 Å². The molecular formula is C19H27N3O4S. The zero-order chi connectivity index (χ0) is 19.6. The molecule has 3 rings (SSSR count). The van der Waals surface area contributed by atoms with E-state index < -0.39 is 10.0 Å². The first kappa shape index (κ1) is 19.8. The van der Waals surface area contributed by atoms with Gasteiger partial charge in [0.15, 0.2) is 0 Å². The van der Waals surface area contributed by atoms with Crippen LogP contribution >= 0.6 is 0 Å². The average molecular weight is 394 g/mol. The summed E-state index contributed by atoms with van der Waals surface area (Å²) >= 11 is 0. The van der Waals surface area contributed by atoms with Gasteiger partial charge in [-0.2, -0.15) is 4.31 Å². The van der Waals surface area contributed by atoms with Gasteiger partial charge in [0.1, 0.15) is 0 Å². The Labute approximate surface area is 160 Å². The van der Waals surface area contributed by atoms with Gasteiger partial charge in [0.2, 0.25) is 15.9 Å². The van der Waals surface area contributed by atoms with Crippen molar-refractivity contribution in [3.8, 4) is 0 Å². The Kier molecular flexibility index (Phi) is 5.86. The van der Waals surface area contributed by atoms with Gasteiger partial charge < -0.3 is 10.6 Å². The molecule has 8 heteroatoms. The minimum atomic E-state index is -3.81. The predicted octanol–water partition coefficient (Wildman–Crippen LogP) is 1.36. The van der Waals surface area contributed by atoms with E-state index in [2.05, 4.69) is 24.5 Å². The Balaban J connectivity index is 1.76. The summed E-state index contributed by atoms with van der Waals surface area (Å²) in [6.45, 7) is 4.66. The molecule has 1 aliphatic carbocycles. The molecule has 0 radical (unpaired) electrons. The monoisotopic (exact) mass is 393 g/mol. The van der Waals surface area contributed by atoms with Crippen LogP contribution in [0.2, 0.25) is 0 Å². The van der Waals surface area contributed by atoms with Crippen LogP contribution in [0.1, 0.15) is 43.5 Å². The van der Waals surface area contributed by atoms with E-state index in [9.17, 15) is 18.0 Å². The van der Waals surface area contributed by atoms with Gasteiger partial charge in [-0.3, -0.25) is 9.59 Å². The van der Waals surface area contributed by atoms with Crippen molar-refractivity contribution in [3.05, 3.63) is 29.8 Å². The first-order chi connectivity index (χ1) is 12.8. The van der Waals surface area contributed by atoms with E-state index in [-0.39, 0.29) is 42.4 Å². The number of carbonyl (C=O) groups excluding carboxylic acids is 2. The van der Waals surface area contributed by atoms with Crippen LogP contribution in [0.5, 0.6) is 0 Å². The summed E-state index contributed by atoms with van der Waals surface area (Å²) in [5, 5.41) is 5.68. The number of piperazine rings is 1. The van der Waals surface area contributed by atoms with Gasteiger partial charge >= 0.3 is 0 Å². The third-order valence-electron chi connectivity index (χ3n) is 5.76. The molecule has 0 spiro atoms. The molecule has 148 valence electrons. The maximum Gasteiger partial charge on any atom is 0.251 e. The fraction of sp³-hybridized carbons (Fsp3) is 0.579. The Morgan fingerprint density at radius 3 is 2.78 bits per heavy atom. The van der Waals surface area contributed by atoms with E-state index in [0.717, 1.165) is 17.1 Å². The lowest BCUT2D eigenvalue weighted by molar-refractivity contribution is -0.122. The lowest BCUT2D eigenvalue weighted by atomic mass is 9.78. The van der Waals surface area contributed by atoms with Gasteiger partial charge in [-0.1, -0.05) is 32.8 Å². The molecular weight excluding hydrogens is 366 g/mol. The zero-order valence-electron chi connectivity index (χ0n) is 15.8. The zero-order valence-corrected chi connectivity index (χ0v) is 16.6. The molecule has 2 N–H and O–H groups in total. The molecule has 1 saturated heterocycles. The van der Waals surface area contributed by atoms with Gasteiger partial charge in [-0.05, 0) is 36.5 Å². The summed E-state index contributed by atoms with van der Waals surface area (Å²) in [6.07, 6.45) is 3.20. The Morgan fingerprint density at radius 1 is 1.26 bits per heavy atom. The van der Waals surface area contributed by atoms with Crippen LogP contribution in [0, 0.1) is 11.8 Å². The van der Waals surface area contributed by atoms with Crippen molar-refractivity contribution in [2.45, 2.75) is 44.0 Å². The molecule has 1 saturated carbocycles. The SMILES string of the molecule is CC1CCCC(NC(=O)c2cccc(S(=O)(=O)N3CCNC(=O)C3)c2)C1C. The predicted molar refractivity (Wildman–Crippen MR) is 102 cm³/mol. The van der Waals surface area contributed by atoms with Gasteiger partial charge in [-0.15, -0.1) is 0 Å². The van der Waals surface area contributed by atoms with Gasteiger partial charge in [0.25, 0.3) is 5.91 Å². The van der Waals surface area contributed by atoms with Gasteiger partial charge in [0.05, 0.1) is 11.4 Å². The normalized spacial score (nSPS) is 27.0. The molecule has 2 fully saturated rings. The van der Waals surface area contributed by atoms with Crippen molar-refractivity contribution in [2.75, 3.05) is 19.6 Å². The number of hydrogen-bond acceptors (Lipinski definition) is 4. The summed E-state index contributed by atoms with van der Waals surface area (Å²) < 4.78 is 26.8. The fourth-order valence-corrected chi connectivity index (χ4v) is 5.25. The number of amides is 2. The highest BCUT2D eigenvalue weighted by atomic mass is 32.2. The Bertz CT molecular complexity index is 824. The first-order valence-electron chi connectivity index (χ1n) is 9.47. The summed E-state index contributed by atoms with van der Waals surface area (Å²) in [5.74, 6) is 0.371. The van der Waals surface area contributed by atoms with Crippen molar-refractivity contribution in [1.29, 1.82) is 0 Å². The minimum Gasteiger partial charge on any atom is -0.354 e. The fourth-order valence-electron chi connectivity index (χ4n) is 3.80. The number of rotatable bonds is 4. The van der Waals surface area contributed by atoms with E-state index in [4.69, 9.17) is 0 Å². The van der Waals surface area contributed by atoms with Crippen LogP contribution in [0.3, 0.4) is 0 Å². The highest BCUT2D eigenvalue weighted by molar-refractivity contribution is 7.89. The first-order valence-corrected chi connectivity index (χ1v) is 10.9. The molecule has 1 aromatic carbocycles. The van der Waals surface area contributed by atoms with Crippen LogP contribution in [0.15, 0.2) is 29.2 Å². The third-order valence-corrected chi connectivity index (χ3v) is 7.60.